The Morgan fingerprint density at radius 3 is 2.54 bits per heavy atom. The normalized spacial score (nSPS) is 14.3. The molecule has 11 heteroatoms. The Bertz CT molecular complexity index is 1420. The zero-order valence-electron chi connectivity index (χ0n) is 19.3. The van der Waals surface area contributed by atoms with Crippen molar-refractivity contribution in [1.82, 2.24) is 4.90 Å². The Kier molecular flexibility index (Phi) is 8.96. The van der Waals surface area contributed by atoms with Gasteiger partial charge in [0.25, 0.3) is 11.1 Å². The predicted molar refractivity (Wildman–Crippen MR) is 152 cm³/mol. The standard InChI is InChI=1S/C26H19Br2ClN2O5S/c1-35-21-11-15(10-18(28)24(21)36-14-16-6-2-4-8-19(16)29)12-22-25(33)31(26(34)37-22)13-23(32)30-20-9-5-3-7-17(20)27/h2-12H,13-14H2,1H3,(H,30,32)/b22-12+. The van der Waals surface area contributed by atoms with E-state index in [0.29, 0.717) is 36.7 Å². The lowest BCUT2D eigenvalue weighted by atomic mass is 10.1. The van der Waals surface area contributed by atoms with Gasteiger partial charge in [-0.1, -0.05) is 41.9 Å². The van der Waals surface area contributed by atoms with Crippen molar-refractivity contribution in [2.45, 2.75) is 6.61 Å². The molecule has 1 N–H and O–H groups in total. The molecule has 0 spiro atoms. The number of carbonyl (C=O) groups excluding carboxylic acids is 3. The molecule has 1 aliphatic rings. The van der Waals surface area contributed by atoms with Gasteiger partial charge in [0, 0.05) is 15.1 Å². The maximum Gasteiger partial charge on any atom is 0.294 e. The van der Waals surface area contributed by atoms with Crippen LogP contribution >= 0.6 is 55.2 Å². The fourth-order valence-electron chi connectivity index (χ4n) is 3.41. The molecule has 0 atom stereocenters. The number of hydrogen-bond donors (Lipinski definition) is 1. The Balaban J connectivity index is 1.48. The first kappa shape index (κ1) is 27.3. The molecule has 0 radical (unpaired) electrons. The average Bonchev–Trinajstić information content (AvgIpc) is 3.12. The van der Waals surface area contributed by atoms with Crippen molar-refractivity contribution >= 4 is 84.0 Å². The van der Waals surface area contributed by atoms with Crippen LogP contribution in [0.15, 0.2) is 74.5 Å². The summed E-state index contributed by atoms with van der Waals surface area (Å²) in [6, 6.07) is 17.9. The van der Waals surface area contributed by atoms with E-state index >= 15 is 0 Å². The molecule has 0 unspecified atom stereocenters. The first-order valence-electron chi connectivity index (χ1n) is 10.8. The number of methoxy groups -OCH3 is 1. The maximum atomic E-state index is 12.9. The van der Waals surface area contributed by atoms with Gasteiger partial charge in [-0.15, -0.1) is 0 Å². The third-order valence-corrected chi connectivity index (χ3v) is 7.76. The molecule has 0 saturated carbocycles. The Morgan fingerprint density at radius 1 is 1.08 bits per heavy atom. The summed E-state index contributed by atoms with van der Waals surface area (Å²) in [5.41, 5.74) is 1.97. The van der Waals surface area contributed by atoms with E-state index in [4.69, 9.17) is 21.1 Å². The number of nitrogens with one attached hydrogen (secondary N) is 1. The molecule has 1 saturated heterocycles. The van der Waals surface area contributed by atoms with Crippen LogP contribution in [-0.2, 0) is 16.2 Å². The molecule has 1 fully saturated rings. The molecule has 1 heterocycles. The van der Waals surface area contributed by atoms with E-state index in [-0.39, 0.29) is 11.5 Å². The number of ether oxygens (including phenoxy) is 2. The van der Waals surface area contributed by atoms with Crippen molar-refractivity contribution in [3.8, 4) is 11.5 Å². The molecular weight excluding hydrogens is 648 g/mol. The van der Waals surface area contributed by atoms with Gasteiger partial charge in [0.05, 0.1) is 22.2 Å². The zero-order valence-corrected chi connectivity index (χ0v) is 24.0. The van der Waals surface area contributed by atoms with Gasteiger partial charge in [-0.3, -0.25) is 19.3 Å². The SMILES string of the molecule is COc1cc(/C=C2/SC(=O)N(CC(=O)Nc3ccccc3Br)C2=O)cc(Br)c1OCc1ccccc1Cl. The molecule has 4 rings (SSSR count). The molecule has 1 aliphatic heterocycles. The maximum absolute atomic E-state index is 12.9. The average molecular weight is 667 g/mol. The first-order valence-corrected chi connectivity index (χ1v) is 13.6. The molecule has 0 aliphatic carbocycles. The van der Waals surface area contributed by atoms with Gasteiger partial charge in [-0.25, -0.2) is 0 Å². The highest BCUT2D eigenvalue weighted by Gasteiger charge is 2.36. The van der Waals surface area contributed by atoms with E-state index in [1.165, 1.54) is 7.11 Å². The second-order valence-corrected chi connectivity index (χ2v) is 10.8. The summed E-state index contributed by atoms with van der Waals surface area (Å²) < 4.78 is 12.7. The van der Waals surface area contributed by atoms with Crippen LogP contribution in [0.1, 0.15) is 11.1 Å². The number of imide groups is 1. The van der Waals surface area contributed by atoms with Crippen LogP contribution in [-0.4, -0.2) is 35.6 Å². The number of hydrogen-bond acceptors (Lipinski definition) is 6. The second kappa shape index (κ2) is 12.2. The summed E-state index contributed by atoms with van der Waals surface area (Å²) in [4.78, 5) is 39.0. The smallest absolute Gasteiger partial charge is 0.294 e. The predicted octanol–water partition coefficient (Wildman–Crippen LogP) is 7.13. The van der Waals surface area contributed by atoms with Crippen LogP contribution < -0.4 is 14.8 Å². The Morgan fingerprint density at radius 2 is 1.81 bits per heavy atom. The van der Waals surface area contributed by atoms with Crippen LogP contribution in [0, 0.1) is 0 Å². The number of amides is 3. The summed E-state index contributed by atoms with van der Waals surface area (Å²) >= 11 is 13.8. The van der Waals surface area contributed by atoms with Gasteiger partial charge in [0.1, 0.15) is 13.2 Å². The van der Waals surface area contributed by atoms with Crippen molar-refractivity contribution < 1.29 is 23.9 Å². The minimum absolute atomic E-state index is 0.192. The monoisotopic (exact) mass is 664 g/mol. The van der Waals surface area contributed by atoms with Gasteiger partial charge >= 0.3 is 0 Å². The Labute approximate surface area is 239 Å². The van der Waals surface area contributed by atoms with Crippen LogP contribution in [0.25, 0.3) is 6.08 Å². The number of benzene rings is 3. The van der Waals surface area contributed by atoms with Gasteiger partial charge < -0.3 is 14.8 Å². The number of halogens is 3. The first-order chi connectivity index (χ1) is 17.8. The number of anilines is 1. The highest BCUT2D eigenvalue weighted by atomic mass is 79.9. The quantitative estimate of drug-likeness (QED) is 0.258. The third-order valence-electron chi connectivity index (χ3n) is 5.20. The lowest BCUT2D eigenvalue weighted by molar-refractivity contribution is -0.127. The molecule has 0 aromatic heterocycles. The molecule has 37 heavy (non-hydrogen) atoms. The van der Waals surface area contributed by atoms with Crippen molar-refractivity contribution in [3.05, 3.63) is 90.7 Å². The number of nitrogens with zero attached hydrogens (tertiary/aromatic N) is 1. The summed E-state index contributed by atoms with van der Waals surface area (Å²) in [5, 5.41) is 2.76. The summed E-state index contributed by atoms with van der Waals surface area (Å²) in [6.45, 7) is -0.167. The van der Waals surface area contributed by atoms with E-state index in [9.17, 15) is 14.4 Å². The molecular formula is C26H19Br2ClN2O5S. The van der Waals surface area contributed by atoms with E-state index in [1.54, 1.807) is 42.5 Å². The van der Waals surface area contributed by atoms with E-state index < -0.39 is 23.6 Å². The van der Waals surface area contributed by atoms with Crippen LogP contribution in [0.3, 0.4) is 0 Å². The number of thioether (sulfide) groups is 1. The van der Waals surface area contributed by atoms with E-state index in [2.05, 4.69) is 37.2 Å². The summed E-state index contributed by atoms with van der Waals surface area (Å²) in [7, 11) is 1.51. The molecule has 3 amide bonds. The highest BCUT2D eigenvalue weighted by molar-refractivity contribution is 9.11. The molecule has 3 aromatic carbocycles. The van der Waals surface area contributed by atoms with Crippen molar-refractivity contribution in [2.24, 2.45) is 0 Å². The van der Waals surface area contributed by atoms with Crippen LogP contribution in [0.2, 0.25) is 5.02 Å². The van der Waals surface area contributed by atoms with Gasteiger partial charge in [0.2, 0.25) is 5.91 Å². The lowest BCUT2D eigenvalue weighted by Crippen LogP contribution is -2.36. The van der Waals surface area contributed by atoms with E-state index in [0.717, 1.165) is 22.2 Å². The minimum Gasteiger partial charge on any atom is -0.493 e. The second-order valence-electron chi connectivity index (χ2n) is 7.71. The van der Waals surface area contributed by atoms with Crippen molar-refractivity contribution in [2.75, 3.05) is 19.0 Å². The largest absolute Gasteiger partial charge is 0.493 e. The number of para-hydroxylation sites is 1. The fraction of sp³-hybridized carbons (Fsp3) is 0.115. The molecule has 7 nitrogen and oxygen atoms in total. The van der Waals surface area contributed by atoms with E-state index in [1.807, 2.05) is 24.3 Å². The van der Waals surface area contributed by atoms with Gasteiger partial charge in [0.15, 0.2) is 11.5 Å². The lowest BCUT2D eigenvalue weighted by Gasteiger charge is -2.14. The molecule has 190 valence electrons. The van der Waals surface area contributed by atoms with Crippen LogP contribution in [0.4, 0.5) is 10.5 Å². The summed E-state index contributed by atoms with van der Waals surface area (Å²) in [5.74, 6) is -0.137. The topological polar surface area (TPSA) is 84.9 Å². The zero-order chi connectivity index (χ0) is 26.5. The van der Waals surface area contributed by atoms with Gasteiger partial charge in [-0.2, -0.15) is 0 Å². The number of rotatable bonds is 8. The highest BCUT2D eigenvalue weighted by Crippen LogP contribution is 2.39. The minimum atomic E-state index is -0.550. The van der Waals surface area contributed by atoms with Crippen molar-refractivity contribution in [3.63, 3.8) is 0 Å². The fourth-order valence-corrected chi connectivity index (χ4v) is 5.40. The number of carbonyl (C=O) groups is 3. The van der Waals surface area contributed by atoms with Crippen LogP contribution in [0.5, 0.6) is 11.5 Å². The Hall–Kier alpha value is -2.79. The third kappa shape index (κ3) is 6.56. The molecule has 0 bridgehead atoms. The van der Waals surface area contributed by atoms with Crippen molar-refractivity contribution in [1.29, 1.82) is 0 Å². The summed E-state index contributed by atoms with van der Waals surface area (Å²) in [6.07, 6.45) is 1.57. The van der Waals surface area contributed by atoms with Gasteiger partial charge in [-0.05, 0) is 85.6 Å². The molecule has 3 aromatic rings.